The maximum absolute atomic E-state index is 12.2. The van der Waals surface area contributed by atoms with Crippen molar-refractivity contribution in [2.24, 2.45) is 11.7 Å². The van der Waals surface area contributed by atoms with Gasteiger partial charge >= 0.3 is 0 Å². The summed E-state index contributed by atoms with van der Waals surface area (Å²) in [6.07, 6.45) is 3.68. The lowest BCUT2D eigenvalue weighted by Crippen LogP contribution is -2.45. The molecule has 1 unspecified atom stereocenters. The predicted molar refractivity (Wildman–Crippen MR) is 123 cm³/mol. The van der Waals surface area contributed by atoms with Crippen LogP contribution in [-0.4, -0.2) is 40.6 Å². The summed E-state index contributed by atoms with van der Waals surface area (Å²) in [5.41, 5.74) is 7.98. The van der Waals surface area contributed by atoms with Crippen LogP contribution >= 0.6 is 0 Å². The number of carbonyl (C=O) groups is 1. The molecule has 0 spiro atoms. The van der Waals surface area contributed by atoms with Crippen LogP contribution in [0.15, 0.2) is 34.9 Å². The van der Waals surface area contributed by atoms with Crippen LogP contribution in [0.1, 0.15) is 33.6 Å². The highest BCUT2D eigenvalue weighted by Gasteiger charge is 2.35. The van der Waals surface area contributed by atoms with Crippen LogP contribution in [0.3, 0.4) is 0 Å². The van der Waals surface area contributed by atoms with Crippen LogP contribution in [0.5, 0.6) is 5.75 Å². The number of piperidine rings is 1. The molecule has 0 aliphatic carbocycles. The second-order valence-corrected chi connectivity index (χ2v) is 9.09. The molecule has 32 heavy (non-hydrogen) atoms. The predicted octanol–water partition coefficient (Wildman–Crippen LogP) is 3.64. The lowest BCUT2D eigenvalue weighted by molar-refractivity contribution is -0.129. The zero-order valence-electron chi connectivity index (χ0n) is 18.5. The highest BCUT2D eigenvalue weighted by Crippen LogP contribution is 2.36. The van der Waals surface area contributed by atoms with Crippen molar-refractivity contribution in [1.29, 1.82) is 0 Å². The number of aromatic nitrogens is 2. The fourth-order valence-electron chi connectivity index (χ4n) is 4.27. The standard InChI is InChI=1S/C23H28N6O3/c1-13(24)14-6-9-29(10-7-14)20-19-16(8-11-31-19)27-22(28-20)25-15-4-5-18-17(12-15)26-21(30)23(2,3)32-18/h4-5,8,11-14H,6-7,9-10,24H2,1-3H3,(H,26,30)(H,25,27,28). The zero-order chi connectivity index (χ0) is 22.5. The number of furan rings is 1. The van der Waals surface area contributed by atoms with Crippen LogP contribution < -0.4 is 26.0 Å². The first-order valence-corrected chi connectivity index (χ1v) is 11.0. The van der Waals surface area contributed by atoms with Crippen molar-refractivity contribution in [3.05, 3.63) is 30.5 Å². The molecule has 9 heteroatoms. The number of rotatable bonds is 4. The third-order valence-corrected chi connectivity index (χ3v) is 6.26. The van der Waals surface area contributed by atoms with E-state index in [0.717, 1.165) is 43.0 Å². The molecule has 5 rings (SSSR count). The van der Waals surface area contributed by atoms with Crippen molar-refractivity contribution in [2.45, 2.75) is 45.3 Å². The molecule has 1 fully saturated rings. The van der Waals surface area contributed by atoms with Crippen LogP contribution in [0.25, 0.3) is 11.1 Å². The van der Waals surface area contributed by atoms with E-state index in [1.807, 2.05) is 24.3 Å². The van der Waals surface area contributed by atoms with E-state index in [9.17, 15) is 4.79 Å². The molecule has 0 radical (unpaired) electrons. The zero-order valence-corrected chi connectivity index (χ0v) is 18.5. The van der Waals surface area contributed by atoms with E-state index in [1.54, 1.807) is 20.1 Å². The van der Waals surface area contributed by atoms with Gasteiger partial charge in [-0.2, -0.15) is 4.98 Å². The number of anilines is 4. The Morgan fingerprint density at radius 2 is 2.03 bits per heavy atom. The van der Waals surface area contributed by atoms with Gasteiger partial charge in [0.2, 0.25) is 5.95 Å². The number of fused-ring (bicyclic) bond motifs is 2. The molecule has 168 valence electrons. The van der Waals surface area contributed by atoms with Gasteiger partial charge in [-0.15, -0.1) is 0 Å². The number of ether oxygens (including phenoxy) is 1. The molecular formula is C23H28N6O3. The quantitative estimate of drug-likeness (QED) is 0.567. The Labute approximate surface area is 186 Å². The van der Waals surface area contributed by atoms with Gasteiger partial charge in [0.05, 0.1) is 12.0 Å². The molecule has 1 atom stereocenters. The summed E-state index contributed by atoms with van der Waals surface area (Å²) in [5, 5.41) is 6.16. The summed E-state index contributed by atoms with van der Waals surface area (Å²) in [4.78, 5) is 23.9. The summed E-state index contributed by atoms with van der Waals surface area (Å²) < 4.78 is 11.5. The lowest BCUT2D eigenvalue weighted by atomic mass is 9.91. The maximum Gasteiger partial charge on any atom is 0.268 e. The van der Waals surface area contributed by atoms with E-state index in [4.69, 9.17) is 19.9 Å². The Balaban J connectivity index is 1.41. The normalized spacial score (nSPS) is 19.2. The summed E-state index contributed by atoms with van der Waals surface area (Å²) >= 11 is 0. The van der Waals surface area contributed by atoms with Gasteiger partial charge in [0.25, 0.3) is 5.91 Å². The molecule has 2 aromatic heterocycles. The first kappa shape index (κ1) is 20.6. The van der Waals surface area contributed by atoms with Crippen molar-refractivity contribution in [2.75, 3.05) is 28.6 Å². The molecule has 4 heterocycles. The minimum atomic E-state index is -0.901. The molecule has 1 amide bonds. The molecule has 1 saturated heterocycles. The smallest absolute Gasteiger partial charge is 0.268 e. The summed E-state index contributed by atoms with van der Waals surface area (Å²) in [6.45, 7) is 7.30. The van der Waals surface area contributed by atoms with E-state index in [1.165, 1.54) is 0 Å². The van der Waals surface area contributed by atoms with E-state index in [-0.39, 0.29) is 11.9 Å². The molecule has 4 N–H and O–H groups in total. The van der Waals surface area contributed by atoms with Gasteiger partial charge in [-0.3, -0.25) is 4.79 Å². The van der Waals surface area contributed by atoms with Gasteiger partial charge in [-0.25, -0.2) is 4.98 Å². The topological polar surface area (TPSA) is 119 Å². The van der Waals surface area contributed by atoms with Crippen molar-refractivity contribution in [3.8, 4) is 5.75 Å². The molecule has 2 aliphatic rings. The van der Waals surface area contributed by atoms with E-state index < -0.39 is 5.60 Å². The number of hydrogen-bond acceptors (Lipinski definition) is 8. The van der Waals surface area contributed by atoms with Gasteiger partial charge in [0.1, 0.15) is 11.3 Å². The van der Waals surface area contributed by atoms with Gasteiger partial charge in [-0.05, 0) is 57.7 Å². The van der Waals surface area contributed by atoms with Crippen LogP contribution in [-0.2, 0) is 4.79 Å². The molecule has 0 bridgehead atoms. The van der Waals surface area contributed by atoms with E-state index in [0.29, 0.717) is 28.9 Å². The average molecular weight is 437 g/mol. The Hall–Kier alpha value is -3.33. The van der Waals surface area contributed by atoms with Gasteiger partial charge < -0.3 is 30.4 Å². The summed E-state index contributed by atoms with van der Waals surface area (Å²) in [6, 6.07) is 7.56. The van der Waals surface area contributed by atoms with E-state index >= 15 is 0 Å². The fourth-order valence-corrected chi connectivity index (χ4v) is 4.27. The van der Waals surface area contributed by atoms with Gasteiger partial charge in [0.15, 0.2) is 17.0 Å². The van der Waals surface area contributed by atoms with Crippen molar-refractivity contribution in [1.82, 2.24) is 9.97 Å². The second kappa shape index (κ2) is 7.67. The molecular weight excluding hydrogens is 408 g/mol. The maximum atomic E-state index is 12.2. The van der Waals surface area contributed by atoms with Crippen molar-refractivity contribution < 1.29 is 13.9 Å². The number of carbonyl (C=O) groups excluding carboxylic acids is 1. The number of hydrogen-bond donors (Lipinski definition) is 3. The minimum absolute atomic E-state index is 0.185. The Morgan fingerprint density at radius 1 is 1.25 bits per heavy atom. The molecule has 0 saturated carbocycles. The highest BCUT2D eigenvalue weighted by atomic mass is 16.5. The van der Waals surface area contributed by atoms with Crippen LogP contribution in [0.2, 0.25) is 0 Å². The van der Waals surface area contributed by atoms with Crippen molar-refractivity contribution in [3.63, 3.8) is 0 Å². The van der Waals surface area contributed by atoms with Crippen LogP contribution in [0.4, 0.5) is 23.1 Å². The summed E-state index contributed by atoms with van der Waals surface area (Å²) in [7, 11) is 0. The number of nitrogens with one attached hydrogen (secondary N) is 2. The molecule has 1 aromatic carbocycles. The Bertz CT molecular complexity index is 1160. The molecule has 2 aliphatic heterocycles. The second-order valence-electron chi connectivity index (χ2n) is 9.09. The Kier molecular flexibility index (Phi) is 4.93. The lowest BCUT2D eigenvalue weighted by Gasteiger charge is -2.34. The third-order valence-electron chi connectivity index (χ3n) is 6.26. The van der Waals surface area contributed by atoms with Gasteiger partial charge in [-0.1, -0.05) is 0 Å². The monoisotopic (exact) mass is 436 g/mol. The largest absolute Gasteiger partial charge is 0.476 e. The number of nitrogens with two attached hydrogens (primary N) is 1. The Morgan fingerprint density at radius 3 is 2.78 bits per heavy atom. The summed E-state index contributed by atoms with van der Waals surface area (Å²) in [5.74, 6) is 2.21. The van der Waals surface area contributed by atoms with Crippen molar-refractivity contribution >= 4 is 40.1 Å². The van der Waals surface area contributed by atoms with Gasteiger partial charge in [0, 0.05) is 30.9 Å². The molecule has 3 aromatic rings. The SMILES string of the molecule is CC(N)C1CCN(c2nc(Nc3ccc4c(c3)NC(=O)C(C)(C)O4)nc3ccoc23)CC1. The van der Waals surface area contributed by atoms with Crippen LogP contribution in [0, 0.1) is 5.92 Å². The first-order chi connectivity index (χ1) is 15.3. The first-order valence-electron chi connectivity index (χ1n) is 11.0. The average Bonchev–Trinajstić information content (AvgIpc) is 3.23. The minimum Gasteiger partial charge on any atom is -0.476 e. The van der Waals surface area contributed by atoms with E-state index in [2.05, 4.69) is 27.4 Å². The number of benzene rings is 1. The molecule has 9 nitrogen and oxygen atoms in total. The highest BCUT2D eigenvalue weighted by molar-refractivity contribution is 6.00. The third kappa shape index (κ3) is 3.73. The number of amides is 1. The number of nitrogens with zero attached hydrogens (tertiary/aromatic N) is 3. The fraction of sp³-hybridized carbons (Fsp3) is 0.435.